The predicted octanol–water partition coefficient (Wildman–Crippen LogP) is 1.32. The van der Waals surface area contributed by atoms with Gasteiger partial charge in [0.15, 0.2) is 0 Å². The van der Waals surface area contributed by atoms with Gasteiger partial charge in [-0.05, 0) is 12.6 Å². The lowest BCUT2D eigenvalue weighted by Crippen LogP contribution is -2.35. The van der Waals surface area contributed by atoms with Gasteiger partial charge in [-0.15, -0.1) is 0 Å². The Labute approximate surface area is 116 Å². The summed E-state index contributed by atoms with van der Waals surface area (Å²) in [6.07, 6.45) is -3.25. The van der Waals surface area contributed by atoms with Crippen molar-refractivity contribution >= 4 is 10.0 Å². The van der Waals surface area contributed by atoms with Crippen LogP contribution in [0.4, 0.5) is 13.2 Å². The molecule has 0 aliphatic heterocycles. The second kappa shape index (κ2) is 6.15. The number of nitrogens with one attached hydrogen (secondary N) is 1. The zero-order valence-electron chi connectivity index (χ0n) is 11.5. The molecule has 0 radical (unpaired) electrons. The topological polar surface area (TPSA) is 54.3 Å². The first kappa shape index (κ1) is 17.0. The fraction of sp³-hybridized carbons (Fsp3) is 0.636. The quantitative estimate of drug-likeness (QED) is 0.862. The molecule has 0 aromatic carbocycles. The maximum atomic E-state index is 12.3. The average Bonchev–Trinajstić information content (AvgIpc) is 2.66. The first-order valence-electron chi connectivity index (χ1n) is 5.97. The first-order chi connectivity index (χ1) is 9.08. The van der Waals surface area contributed by atoms with Crippen molar-refractivity contribution in [3.63, 3.8) is 0 Å². The van der Waals surface area contributed by atoms with Crippen LogP contribution in [0.2, 0.25) is 0 Å². The Hall–Kier alpha value is -1.06. The highest BCUT2D eigenvalue weighted by Crippen LogP contribution is 2.22. The molecule has 116 valence electrons. The molecular formula is C11H18F3N3O2S. The van der Waals surface area contributed by atoms with E-state index in [0.29, 0.717) is 23.1 Å². The summed E-state index contributed by atoms with van der Waals surface area (Å²) in [5.74, 6) is 0. The minimum Gasteiger partial charge on any atom is -0.352 e. The van der Waals surface area contributed by atoms with Gasteiger partial charge in [-0.3, -0.25) is 0 Å². The van der Waals surface area contributed by atoms with Gasteiger partial charge in [-0.2, -0.15) is 17.5 Å². The van der Waals surface area contributed by atoms with Crippen LogP contribution >= 0.6 is 0 Å². The van der Waals surface area contributed by atoms with E-state index in [1.807, 2.05) is 6.92 Å². The van der Waals surface area contributed by atoms with Crippen LogP contribution in [-0.2, 0) is 23.6 Å². The fourth-order valence-corrected chi connectivity index (χ4v) is 2.92. The van der Waals surface area contributed by atoms with Gasteiger partial charge in [-0.1, -0.05) is 6.92 Å². The molecule has 0 aliphatic rings. The average molecular weight is 313 g/mol. The third-order valence-corrected chi connectivity index (χ3v) is 4.52. The minimum atomic E-state index is -4.57. The molecule has 0 saturated heterocycles. The van der Waals surface area contributed by atoms with Crippen LogP contribution in [0.15, 0.2) is 17.2 Å². The summed E-state index contributed by atoms with van der Waals surface area (Å²) >= 11 is 0. The Balaban J connectivity index is 2.98. The molecule has 1 rings (SSSR count). The van der Waals surface area contributed by atoms with Crippen LogP contribution in [-0.4, -0.2) is 43.6 Å². The molecule has 1 heterocycles. The Morgan fingerprint density at radius 1 is 1.40 bits per heavy atom. The normalized spacial score (nSPS) is 13.2. The van der Waals surface area contributed by atoms with E-state index in [1.54, 1.807) is 11.6 Å². The van der Waals surface area contributed by atoms with Gasteiger partial charge in [0, 0.05) is 32.5 Å². The maximum Gasteiger partial charge on any atom is 0.402 e. The van der Waals surface area contributed by atoms with Gasteiger partial charge >= 0.3 is 6.18 Å². The predicted molar refractivity (Wildman–Crippen MR) is 68.7 cm³/mol. The number of hydrogen-bond acceptors (Lipinski definition) is 3. The molecule has 0 unspecified atom stereocenters. The number of alkyl halides is 3. The number of nitrogens with zero attached hydrogens (tertiary/aromatic N) is 2. The first-order valence-corrected chi connectivity index (χ1v) is 7.41. The molecule has 1 aromatic rings. The van der Waals surface area contributed by atoms with E-state index in [-0.39, 0.29) is 4.90 Å². The number of aromatic nitrogens is 1. The van der Waals surface area contributed by atoms with Crippen molar-refractivity contribution in [2.45, 2.75) is 24.5 Å². The molecule has 0 saturated carbocycles. The highest BCUT2D eigenvalue weighted by Gasteiger charge is 2.35. The van der Waals surface area contributed by atoms with Gasteiger partial charge in [0.1, 0.15) is 11.4 Å². The standard InChI is InChI=1S/C11H18F3N3O2S/c1-4-15-6-9-5-10(7-16(9)2)20(18,19)17(3)8-11(12,13)14/h5,7,15H,4,6,8H2,1-3H3. The van der Waals surface area contributed by atoms with E-state index in [9.17, 15) is 21.6 Å². The highest BCUT2D eigenvalue weighted by atomic mass is 32.2. The third kappa shape index (κ3) is 4.22. The lowest BCUT2D eigenvalue weighted by atomic mass is 10.4. The van der Waals surface area contributed by atoms with Crippen LogP contribution in [0.25, 0.3) is 0 Å². The molecule has 9 heteroatoms. The highest BCUT2D eigenvalue weighted by molar-refractivity contribution is 7.89. The van der Waals surface area contributed by atoms with E-state index in [1.165, 1.54) is 12.3 Å². The summed E-state index contributed by atoms with van der Waals surface area (Å²) in [5.41, 5.74) is 0.686. The van der Waals surface area contributed by atoms with Crippen molar-refractivity contribution < 1.29 is 21.6 Å². The van der Waals surface area contributed by atoms with Crippen LogP contribution in [0.5, 0.6) is 0 Å². The van der Waals surface area contributed by atoms with Crippen LogP contribution in [0.3, 0.4) is 0 Å². The van der Waals surface area contributed by atoms with Crippen LogP contribution < -0.4 is 5.32 Å². The third-order valence-electron chi connectivity index (χ3n) is 2.75. The monoisotopic (exact) mass is 313 g/mol. The van der Waals surface area contributed by atoms with E-state index in [2.05, 4.69) is 5.32 Å². The van der Waals surface area contributed by atoms with Crippen molar-refractivity contribution in [3.05, 3.63) is 18.0 Å². The molecule has 0 bridgehead atoms. The second-order valence-electron chi connectivity index (χ2n) is 4.43. The van der Waals surface area contributed by atoms with Gasteiger partial charge in [0.25, 0.3) is 0 Å². The zero-order valence-corrected chi connectivity index (χ0v) is 12.3. The molecule has 0 aliphatic carbocycles. The molecule has 0 atom stereocenters. The number of hydrogen-bond donors (Lipinski definition) is 1. The molecule has 5 nitrogen and oxygen atoms in total. The Kier molecular flexibility index (Phi) is 5.22. The van der Waals surface area contributed by atoms with Crippen molar-refractivity contribution in [1.82, 2.24) is 14.2 Å². The summed E-state index contributed by atoms with van der Waals surface area (Å²) in [5, 5.41) is 3.03. The molecule has 0 spiro atoms. The summed E-state index contributed by atoms with van der Waals surface area (Å²) < 4.78 is 62.8. The van der Waals surface area contributed by atoms with E-state index in [0.717, 1.165) is 7.05 Å². The van der Waals surface area contributed by atoms with E-state index < -0.39 is 22.7 Å². The van der Waals surface area contributed by atoms with Gasteiger partial charge < -0.3 is 9.88 Å². The lowest BCUT2D eigenvalue weighted by molar-refractivity contribution is -0.134. The smallest absolute Gasteiger partial charge is 0.352 e. The van der Waals surface area contributed by atoms with Crippen molar-refractivity contribution in [2.24, 2.45) is 7.05 Å². The van der Waals surface area contributed by atoms with Gasteiger partial charge in [0.2, 0.25) is 10.0 Å². The molecule has 1 N–H and O–H groups in total. The van der Waals surface area contributed by atoms with E-state index >= 15 is 0 Å². The summed E-state index contributed by atoms with van der Waals surface area (Å²) in [6.45, 7) is 1.55. The molecular weight excluding hydrogens is 295 g/mol. The summed E-state index contributed by atoms with van der Waals surface area (Å²) in [4.78, 5) is -0.139. The molecule has 0 amide bonds. The van der Waals surface area contributed by atoms with Gasteiger partial charge in [-0.25, -0.2) is 8.42 Å². The number of aryl methyl sites for hydroxylation is 1. The molecule has 1 aromatic heterocycles. The Bertz CT molecular complexity index is 552. The van der Waals surface area contributed by atoms with Crippen molar-refractivity contribution in [3.8, 4) is 0 Å². The van der Waals surface area contributed by atoms with Gasteiger partial charge in [0.05, 0.1) is 0 Å². The van der Waals surface area contributed by atoms with Crippen molar-refractivity contribution in [1.29, 1.82) is 0 Å². The van der Waals surface area contributed by atoms with Crippen molar-refractivity contribution in [2.75, 3.05) is 20.1 Å². The lowest BCUT2D eigenvalue weighted by Gasteiger charge is -2.17. The van der Waals surface area contributed by atoms with Crippen LogP contribution in [0.1, 0.15) is 12.6 Å². The number of rotatable bonds is 6. The maximum absolute atomic E-state index is 12.3. The second-order valence-corrected chi connectivity index (χ2v) is 6.48. The number of sulfonamides is 1. The zero-order chi connectivity index (χ0) is 15.6. The van der Waals surface area contributed by atoms with Crippen LogP contribution in [0, 0.1) is 0 Å². The Morgan fingerprint density at radius 3 is 2.50 bits per heavy atom. The summed E-state index contributed by atoms with van der Waals surface area (Å²) in [7, 11) is -1.57. The fourth-order valence-electron chi connectivity index (χ4n) is 1.66. The summed E-state index contributed by atoms with van der Waals surface area (Å²) in [6, 6.07) is 1.38. The molecule has 0 fully saturated rings. The largest absolute Gasteiger partial charge is 0.402 e. The minimum absolute atomic E-state index is 0.139. The SMILES string of the molecule is CCNCc1cc(S(=O)(=O)N(C)CC(F)(F)F)cn1C. The Morgan fingerprint density at radius 2 is 2.00 bits per heavy atom. The van der Waals surface area contributed by atoms with E-state index in [4.69, 9.17) is 0 Å². The molecule has 20 heavy (non-hydrogen) atoms. The number of halogens is 3.